The highest BCUT2D eigenvalue weighted by Crippen LogP contribution is 2.24. The average molecular weight is 277 g/mol. The summed E-state index contributed by atoms with van der Waals surface area (Å²) in [6.07, 6.45) is 2.88. The van der Waals surface area contributed by atoms with Crippen molar-refractivity contribution in [1.29, 1.82) is 0 Å². The van der Waals surface area contributed by atoms with Crippen molar-refractivity contribution >= 4 is 11.6 Å². The molecule has 1 aromatic rings. The largest absolute Gasteiger partial charge is 0.338 e. The van der Waals surface area contributed by atoms with Gasteiger partial charge in [0.1, 0.15) is 5.56 Å². The highest BCUT2D eigenvalue weighted by molar-refractivity contribution is 5.98. The van der Waals surface area contributed by atoms with Crippen LogP contribution in [0.15, 0.2) is 24.3 Å². The minimum atomic E-state index is -0.505. The second-order valence-electron chi connectivity index (χ2n) is 5.11. The van der Waals surface area contributed by atoms with Crippen LogP contribution in [0.3, 0.4) is 0 Å². The van der Waals surface area contributed by atoms with Crippen LogP contribution in [0.1, 0.15) is 29.6 Å². The third-order valence-electron chi connectivity index (χ3n) is 3.71. The van der Waals surface area contributed by atoms with Gasteiger partial charge in [-0.05, 0) is 37.8 Å². The van der Waals surface area contributed by atoms with Crippen molar-refractivity contribution in [1.82, 2.24) is 4.90 Å². The number of benzene rings is 1. The maximum atomic E-state index is 12.5. The van der Waals surface area contributed by atoms with Crippen LogP contribution >= 0.6 is 0 Å². The predicted octanol–water partition coefficient (Wildman–Crippen LogP) is 1.80. The Kier molecular flexibility index (Phi) is 4.68. The standard InChI is InChI=1S/C14H19N3O3/c15-8-7-11-4-3-9-16(10-11)14(18)12-5-1-2-6-13(12)17(19)20/h1-2,5-6,11H,3-4,7-10,15H2. The number of carbonyl (C=O) groups excluding carboxylic acids is 1. The molecule has 1 aliphatic rings. The summed E-state index contributed by atoms with van der Waals surface area (Å²) in [5, 5.41) is 11.0. The van der Waals surface area contributed by atoms with Crippen LogP contribution in [0.25, 0.3) is 0 Å². The molecule has 1 unspecified atom stereocenters. The molecule has 6 heteroatoms. The molecule has 6 nitrogen and oxygen atoms in total. The summed E-state index contributed by atoms with van der Waals surface area (Å²) < 4.78 is 0. The van der Waals surface area contributed by atoms with Crippen LogP contribution in [0, 0.1) is 16.0 Å². The van der Waals surface area contributed by atoms with Gasteiger partial charge in [0.05, 0.1) is 4.92 Å². The first-order valence-corrected chi connectivity index (χ1v) is 6.86. The fourth-order valence-electron chi connectivity index (χ4n) is 2.70. The number of hydrogen-bond donors (Lipinski definition) is 1. The van der Waals surface area contributed by atoms with Gasteiger partial charge in [0.15, 0.2) is 0 Å². The Bertz CT molecular complexity index is 502. The lowest BCUT2D eigenvalue weighted by molar-refractivity contribution is -0.385. The van der Waals surface area contributed by atoms with E-state index in [0.717, 1.165) is 19.3 Å². The number of likely N-dealkylation sites (tertiary alicyclic amines) is 1. The summed E-state index contributed by atoms with van der Waals surface area (Å²) in [5.41, 5.74) is 5.61. The number of para-hydroxylation sites is 1. The molecule has 1 heterocycles. The highest BCUT2D eigenvalue weighted by Gasteiger charge is 2.28. The zero-order chi connectivity index (χ0) is 14.5. The Labute approximate surface area is 117 Å². The summed E-state index contributed by atoms with van der Waals surface area (Å²) >= 11 is 0. The van der Waals surface area contributed by atoms with Gasteiger partial charge >= 0.3 is 0 Å². The molecule has 0 radical (unpaired) electrons. The van der Waals surface area contributed by atoms with Crippen LogP contribution in [0.2, 0.25) is 0 Å². The van der Waals surface area contributed by atoms with Gasteiger partial charge in [-0.3, -0.25) is 14.9 Å². The summed E-state index contributed by atoms with van der Waals surface area (Å²) in [4.78, 5) is 24.7. The van der Waals surface area contributed by atoms with Crippen LogP contribution < -0.4 is 5.73 Å². The van der Waals surface area contributed by atoms with Crippen LogP contribution in [0.4, 0.5) is 5.69 Å². The molecule has 1 saturated heterocycles. The highest BCUT2D eigenvalue weighted by atomic mass is 16.6. The van der Waals surface area contributed by atoms with E-state index in [9.17, 15) is 14.9 Å². The number of carbonyl (C=O) groups is 1. The summed E-state index contributed by atoms with van der Waals surface area (Å²) in [7, 11) is 0. The Morgan fingerprint density at radius 2 is 2.20 bits per heavy atom. The number of rotatable bonds is 4. The molecule has 1 aromatic carbocycles. The van der Waals surface area contributed by atoms with E-state index in [1.807, 2.05) is 0 Å². The fraction of sp³-hybridized carbons (Fsp3) is 0.500. The molecule has 2 rings (SSSR count). The van der Waals surface area contributed by atoms with Crippen molar-refractivity contribution in [2.45, 2.75) is 19.3 Å². The van der Waals surface area contributed by atoms with Gasteiger partial charge in [0, 0.05) is 19.2 Å². The number of hydrogen-bond acceptors (Lipinski definition) is 4. The number of nitro benzene ring substituents is 1. The van der Waals surface area contributed by atoms with Crippen molar-refractivity contribution in [3.8, 4) is 0 Å². The zero-order valence-electron chi connectivity index (χ0n) is 11.3. The molecule has 0 aromatic heterocycles. The first-order chi connectivity index (χ1) is 9.63. The fourth-order valence-corrected chi connectivity index (χ4v) is 2.70. The number of nitrogens with two attached hydrogens (primary N) is 1. The van der Waals surface area contributed by atoms with Crippen LogP contribution in [-0.4, -0.2) is 35.4 Å². The van der Waals surface area contributed by atoms with E-state index < -0.39 is 4.92 Å². The Balaban J connectivity index is 2.17. The first-order valence-electron chi connectivity index (χ1n) is 6.86. The molecule has 20 heavy (non-hydrogen) atoms. The maximum Gasteiger partial charge on any atom is 0.282 e. The number of amides is 1. The lowest BCUT2D eigenvalue weighted by Crippen LogP contribution is -2.40. The quantitative estimate of drug-likeness (QED) is 0.671. The molecular weight excluding hydrogens is 258 g/mol. The Hall–Kier alpha value is -1.95. The molecule has 0 aliphatic carbocycles. The molecular formula is C14H19N3O3. The zero-order valence-corrected chi connectivity index (χ0v) is 11.3. The molecule has 108 valence electrons. The lowest BCUT2D eigenvalue weighted by Gasteiger charge is -2.32. The second kappa shape index (κ2) is 6.47. The third kappa shape index (κ3) is 3.14. The molecule has 0 spiro atoms. The van der Waals surface area contributed by atoms with Crippen molar-refractivity contribution in [3.05, 3.63) is 39.9 Å². The topological polar surface area (TPSA) is 89.5 Å². The van der Waals surface area contributed by atoms with Gasteiger partial charge in [0.25, 0.3) is 11.6 Å². The molecule has 0 saturated carbocycles. The molecule has 1 atom stereocenters. The summed E-state index contributed by atoms with van der Waals surface area (Å²) in [5.74, 6) is 0.152. The monoisotopic (exact) mass is 277 g/mol. The van der Waals surface area contributed by atoms with E-state index in [4.69, 9.17) is 5.73 Å². The third-order valence-corrected chi connectivity index (χ3v) is 3.71. The predicted molar refractivity (Wildman–Crippen MR) is 75.4 cm³/mol. The molecule has 1 aliphatic heterocycles. The van der Waals surface area contributed by atoms with E-state index in [2.05, 4.69) is 0 Å². The van der Waals surface area contributed by atoms with E-state index in [1.54, 1.807) is 17.0 Å². The number of nitro groups is 1. The van der Waals surface area contributed by atoms with E-state index in [0.29, 0.717) is 25.6 Å². The van der Waals surface area contributed by atoms with E-state index in [1.165, 1.54) is 12.1 Å². The normalized spacial score (nSPS) is 18.9. The van der Waals surface area contributed by atoms with Gasteiger partial charge in [-0.1, -0.05) is 12.1 Å². The number of piperidine rings is 1. The molecule has 2 N–H and O–H groups in total. The van der Waals surface area contributed by atoms with Gasteiger partial charge in [-0.15, -0.1) is 0 Å². The van der Waals surface area contributed by atoms with E-state index >= 15 is 0 Å². The van der Waals surface area contributed by atoms with Crippen LogP contribution in [-0.2, 0) is 0 Å². The van der Waals surface area contributed by atoms with Crippen molar-refractivity contribution in [3.63, 3.8) is 0 Å². The summed E-state index contributed by atoms with van der Waals surface area (Å²) in [6.45, 7) is 1.91. The SMILES string of the molecule is NCCC1CCCN(C(=O)c2ccccc2[N+](=O)[O-])C1. The summed E-state index contributed by atoms with van der Waals surface area (Å²) in [6, 6.07) is 6.12. The van der Waals surface area contributed by atoms with E-state index in [-0.39, 0.29) is 17.2 Å². The van der Waals surface area contributed by atoms with Gasteiger partial charge in [0.2, 0.25) is 0 Å². The van der Waals surface area contributed by atoms with Gasteiger partial charge < -0.3 is 10.6 Å². The number of nitrogens with zero attached hydrogens (tertiary/aromatic N) is 2. The smallest absolute Gasteiger partial charge is 0.282 e. The maximum absolute atomic E-state index is 12.5. The van der Waals surface area contributed by atoms with Crippen LogP contribution in [0.5, 0.6) is 0 Å². The van der Waals surface area contributed by atoms with Gasteiger partial charge in [-0.25, -0.2) is 0 Å². The van der Waals surface area contributed by atoms with Crippen molar-refractivity contribution < 1.29 is 9.72 Å². The Morgan fingerprint density at radius 3 is 2.90 bits per heavy atom. The van der Waals surface area contributed by atoms with Crippen molar-refractivity contribution in [2.75, 3.05) is 19.6 Å². The first kappa shape index (κ1) is 14.5. The van der Waals surface area contributed by atoms with Crippen molar-refractivity contribution in [2.24, 2.45) is 11.7 Å². The lowest BCUT2D eigenvalue weighted by atomic mass is 9.94. The minimum absolute atomic E-state index is 0.126. The Morgan fingerprint density at radius 1 is 1.45 bits per heavy atom. The second-order valence-corrected chi connectivity index (χ2v) is 5.11. The van der Waals surface area contributed by atoms with Gasteiger partial charge in [-0.2, -0.15) is 0 Å². The average Bonchev–Trinajstić information content (AvgIpc) is 2.47. The molecule has 1 fully saturated rings. The molecule has 1 amide bonds. The minimum Gasteiger partial charge on any atom is -0.338 e. The molecule has 0 bridgehead atoms.